The summed E-state index contributed by atoms with van der Waals surface area (Å²) < 4.78 is 0. The Hall–Kier alpha value is -0.160. The lowest BCUT2D eigenvalue weighted by atomic mass is 10.1. The minimum Gasteiger partial charge on any atom is -0.283 e. The van der Waals surface area contributed by atoms with E-state index in [4.69, 9.17) is 0 Å². The third-order valence-corrected chi connectivity index (χ3v) is 4.79. The summed E-state index contributed by atoms with van der Waals surface area (Å²) in [6.07, 6.45) is 1.43. The van der Waals surface area contributed by atoms with Gasteiger partial charge >= 0.3 is 0 Å². The quantitative estimate of drug-likeness (QED) is 0.521. The lowest BCUT2D eigenvalue weighted by Crippen LogP contribution is -2.68. The molecule has 3 atom stereocenters. The van der Waals surface area contributed by atoms with Crippen LogP contribution in [0.3, 0.4) is 0 Å². The first-order valence-electron chi connectivity index (χ1n) is 6.32. The maximum atomic E-state index is 2.73. The first-order chi connectivity index (χ1) is 7.34. The highest BCUT2D eigenvalue weighted by atomic mass is 15.6. The summed E-state index contributed by atoms with van der Waals surface area (Å²) in [6, 6.07) is 0.759. The smallest absolute Gasteiger partial charge is 0.0925 e. The molecule has 84 valence electrons. The van der Waals surface area contributed by atoms with E-state index in [0.717, 1.165) is 12.2 Å². The molecular formula is C11H20N4. The predicted octanol–water partition coefficient (Wildman–Crippen LogP) is -0.710. The standard InChI is InChI=1S/C11H20N4/c1-9-8-14-5-4-12-2-3-13-6-7-15(9)11(13)10(12)14/h9-11H,2-8H2,1H3/t9-,10?,11?/m0/s1. The number of nitrogens with zero attached hydrogens (tertiary/aromatic N) is 4. The highest BCUT2D eigenvalue weighted by Crippen LogP contribution is 2.35. The second kappa shape index (κ2) is 2.94. The van der Waals surface area contributed by atoms with Gasteiger partial charge in [0, 0.05) is 51.9 Å². The van der Waals surface area contributed by atoms with Crippen molar-refractivity contribution >= 4 is 0 Å². The van der Waals surface area contributed by atoms with E-state index < -0.39 is 0 Å². The number of hydrogen-bond acceptors (Lipinski definition) is 4. The third kappa shape index (κ3) is 1.06. The third-order valence-electron chi connectivity index (χ3n) is 4.79. The van der Waals surface area contributed by atoms with Gasteiger partial charge in [0.15, 0.2) is 0 Å². The molecule has 0 N–H and O–H groups in total. The van der Waals surface area contributed by atoms with Crippen LogP contribution in [-0.2, 0) is 0 Å². The maximum Gasteiger partial charge on any atom is 0.0925 e. The summed E-state index contributed by atoms with van der Waals surface area (Å²) in [6.45, 7) is 11.5. The van der Waals surface area contributed by atoms with Crippen molar-refractivity contribution in [3.05, 3.63) is 0 Å². The van der Waals surface area contributed by atoms with Crippen molar-refractivity contribution in [3.63, 3.8) is 0 Å². The molecule has 0 radical (unpaired) electrons. The van der Waals surface area contributed by atoms with Crippen LogP contribution < -0.4 is 0 Å². The van der Waals surface area contributed by atoms with Crippen LogP contribution in [0.15, 0.2) is 0 Å². The van der Waals surface area contributed by atoms with Crippen molar-refractivity contribution in [1.82, 2.24) is 19.6 Å². The summed E-state index contributed by atoms with van der Waals surface area (Å²) in [7, 11) is 0. The van der Waals surface area contributed by atoms with Gasteiger partial charge in [-0.1, -0.05) is 0 Å². The number of rotatable bonds is 0. The molecule has 0 aromatic rings. The second-order valence-corrected chi connectivity index (χ2v) is 5.48. The van der Waals surface area contributed by atoms with E-state index in [0.29, 0.717) is 6.17 Å². The lowest BCUT2D eigenvalue weighted by molar-refractivity contribution is -0.0936. The Morgan fingerprint density at radius 2 is 1.33 bits per heavy atom. The number of hydrogen-bond donors (Lipinski definition) is 0. The molecule has 4 rings (SSSR count). The average molecular weight is 208 g/mol. The van der Waals surface area contributed by atoms with Crippen molar-refractivity contribution in [2.45, 2.75) is 25.3 Å². The Morgan fingerprint density at radius 3 is 2.13 bits per heavy atom. The first-order valence-corrected chi connectivity index (χ1v) is 6.32. The Kier molecular flexibility index (Phi) is 1.75. The maximum absolute atomic E-state index is 2.73. The molecule has 0 bridgehead atoms. The van der Waals surface area contributed by atoms with Gasteiger partial charge < -0.3 is 0 Å². The zero-order valence-electron chi connectivity index (χ0n) is 9.47. The normalized spacial score (nSPS) is 47.4. The van der Waals surface area contributed by atoms with Gasteiger partial charge in [-0.2, -0.15) is 0 Å². The SMILES string of the molecule is C[C@H]1CN2CCN3CCN4CCN1C4C32. The monoisotopic (exact) mass is 208 g/mol. The molecule has 0 spiro atoms. The van der Waals surface area contributed by atoms with Gasteiger partial charge in [-0.3, -0.25) is 19.6 Å². The van der Waals surface area contributed by atoms with Crippen LogP contribution in [0.4, 0.5) is 0 Å². The summed E-state index contributed by atoms with van der Waals surface area (Å²) in [4.78, 5) is 10.8. The van der Waals surface area contributed by atoms with Crippen molar-refractivity contribution in [2.75, 3.05) is 45.8 Å². The minimum atomic E-state index is 0.713. The van der Waals surface area contributed by atoms with E-state index in [2.05, 4.69) is 26.5 Å². The minimum absolute atomic E-state index is 0.713. The number of piperazine rings is 2. The van der Waals surface area contributed by atoms with Gasteiger partial charge in [0.25, 0.3) is 0 Å². The van der Waals surface area contributed by atoms with E-state index >= 15 is 0 Å². The predicted molar refractivity (Wildman–Crippen MR) is 58.5 cm³/mol. The molecule has 4 heterocycles. The lowest BCUT2D eigenvalue weighted by Gasteiger charge is -2.52. The van der Waals surface area contributed by atoms with E-state index in [-0.39, 0.29) is 0 Å². The molecule has 0 saturated carbocycles. The fourth-order valence-corrected chi connectivity index (χ4v) is 4.08. The molecule has 4 aliphatic rings. The first kappa shape index (κ1) is 8.93. The molecule has 15 heavy (non-hydrogen) atoms. The molecule has 4 saturated heterocycles. The molecule has 0 amide bonds. The Morgan fingerprint density at radius 1 is 0.733 bits per heavy atom. The molecule has 0 aromatic carbocycles. The van der Waals surface area contributed by atoms with Gasteiger partial charge in [0.1, 0.15) is 0 Å². The van der Waals surface area contributed by atoms with Gasteiger partial charge in [-0.05, 0) is 6.92 Å². The average Bonchev–Trinajstić information content (AvgIpc) is 2.79. The highest BCUT2D eigenvalue weighted by molar-refractivity contribution is 5.04. The van der Waals surface area contributed by atoms with Gasteiger partial charge in [-0.15, -0.1) is 0 Å². The second-order valence-electron chi connectivity index (χ2n) is 5.48. The van der Waals surface area contributed by atoms with Crippen LogP contribution in [0.5, 0.6) is 0 Å². The van der Waals surface area contributed by atoms with Crippen LogP contribution in [-0.4, -0.2) is 83.8 Å². The largest absolute Gasteiger partial charge is 0.283 e. The Labute approximate surface area is 91.4 Å². The van der Waals surface area contributed by atoms with Gasteiger partial charge in [0.2, 0.25) is 0 Å². The van der Waals surface area contributed by atoms with Crippen molar-refractivity contribution in [2.24, 2.45) is 0 Å². The van der Waals surface area contributed by atoms with Gasteiger partial charge in [0.05, 0.1) is 12.3 Å². The molecule has 0 aliphatic carbocycles. The fourth-order valence-electron chi connectivity index (χ4n) is 4.08. The highest BCUT2D eigenvalue weighted by Gasteiger charge is 2.52. The van der Waals surface area contributed by atoms with E-state index in [9.17, 15) is 0 Å². The van der Waals surface area contributed by atoms with Crippen LogP contribution in [0.25, 0.3) is 0 Å². The van der Waals surface area contributed by atoms with Crippen LogP contribution >= 0.6 is 0 Å². The molecule has 4 heteroatoms. The zero-order chi connectivity index (χ0) is 9.99. The van der Waals surface area contributed by atoms with Crippen molar-refractivity contribution in [3.8, 4) is 0 Å². The van der Waals surface area contributed by atoms with E-state index in [1.165, 1.54) is 45.8 Å². The molecule has 0 aromatic heterocycles. The zero-order valence-corrected chi connectivity index (χ0v) is 9.47. The van der Waals surface area contributed by atoms with Crippen molar-refractivity contribution in [1.29, 1.82) is 0 Å². The topological polar surface area (TPSA) is 13.0 Å². The van der Waals surface area contributed by atoms with Crippen molar-refractivity contribution < 1.29 is 0 Å². The Balaban J connectivity index is 1.73. The van der Waals surface area contributed by atoms with Gasteiger partial charge in [-0.25, -0.2) is 0 Å². The Bertz CT molecular complexity index is 282. The molecule has 2 unspecified atom stereocenters. The molecule has 4 aliphatic heterocycles. The molecule has 4 nitrogen and oxygen atoms in total. The van der Waals surface area contributed by atoms with Crippen LogP contribution in [0, 0.1) is 0 Å². The summed E-state index contributed by atoms with van der Waals surface area (Å²) in [5, 5.41) is 0. The summed E-state index contributed by atoms with van der Waals surface area (Å²) >= 11 is 0. The molecular weight excluding hydrogens is 188 g/mol. The van der Waals surface area contributed by atoms with E-state index in [1.807, 2.05) is 0 Å². The fraction of sp³-hybridized carbons (Fsp3) is 1.00. The van der Waals surface area contributed by atoms with Crippen LogP contribution in [0.2, 0.25) is 0 Å². The van der Waals surface area contributed by atoms with Crippen LogP contribution in [0.1, 0.15) is 6.92 Å². The summed E-state index contributed by atoms with van der Waals surface area (Å²) in [5.41, 5.74) is 0. The van der Waals surface area contributed by atoms with E-state index in [1.54, 1.807) is 0 Å². The summed E-state index contributed by atoms with van der Waals surface area (Å²) in [5.74, 6) is 0. The molecule has 4 fully saturated rings.